The van der Waals surface area contributed by atoms with Crippen molar-refractivity contribution in [1.29, 1.82) is 0 Å². The van der Waals surface area contributed by atoms with E-state index in [-0.39, 0.29) is 5.91 Å². The average Bonchev–Trinajstić information content (AvgIpc) is 2.44. The first-order valence-corrected chi connectivity index (χ1v) is 7.62. The van der Waals surface area contributed by atoms with Crippen LogP contribution in [0.3, 0.4) is 0 Å². The Balaban J connectivity index is 2.10. The molecule has 0 atom stereocenters. The second kappa shape index (κ2) is 6.73. The van der Waals surface area contributed by atoms with Crippen molar-refractivity contribution in [2.45, 2.75) is 40.0 Å². The molecule has 1 aliphatic heterocycles. The summed E-state index contributed by atoms with van der Waals surface area (Å²) in [5.74, 6) is 1.68. The topological polar surface area (TPSA) is 45.2 Å². The van der Waals surface area contributed by atoms with E-state index in [2.05, 4.69) is 24.1 Å². The summed E-state index contributed by atoms with van der Waals surface area (Å²) in [5.41, 5.74) is 1.64. The van der Waals surface area contributed by atoms with E-state index in [9.17, 15) is 4.79 Å². The Morgan fingerprint density at radius 1 is 1.40 bits per heavy atom. The van der Waals surface area contributed by atoms with Crippen molar-refractivity contribution in [2.75, 3.05) is 25.0 Å². The zero-order valence-electron chi connectivity index (χ0n) is 12.8. The lowest BCUT2D eigenvalue weighted by Gasteiger charge is -2.30. The first-order chi connectivity index (χ1) is 9.60. The maximum absolute atomic E-state index is 12.6. The van der Waals surface area contributed by atoms with Gasteiger partial charge in [-0.15, -0.1) is 0 Å². The summed E-state index contributed by atoms with van der Waals surface area (Å²) in [6.07, 6.45) is 3.26. The van der Waals surface area contributed by atoms with Gasteiger partial charge in [-0.3, -0.25) is 4.79 Å². The Bertz CT molecular complexity index is 465. The van der Waals surface area contributed by atoms with E-state index in [1.807, 2.05) is 24.0 Å². The van der Waals surface area contributed by atoms with E-state index in [1.165, 1.54) is 0 Å². The van der Waals surface area contributed by atoms with Crippen molar-refractivity contribution in [2.24, 2.45) is 5.92 Å². The lowest BCUT2D eigenvalue weighted by molar-refractivity contribution is 0.0697. The molecule has 4 nitrogen and oxygen atoms in total. The van der Waals surface area contributed by atoms with Crippen LogP contribution in [0.4, 0.5) is 5.82 Å². The van der Waals surface area contributed by atoms with Crippen molar-refractivity contribution in [1.82, 2.24) is 9.88 Å². The van der Waals surface area contributed by atoms with Gasteiger partial charge < -0.3 is 10.2 Å². The number of aromatic nitrogens is 1. The summed E-state index contributed by atoms with van der Waals surface area (Å²) in [5, 5.41) is 3.26. The molecule has 1 N–H and O–H groups in total. The van der Waals surface area contributed by atoms with Crippen LogP contribution >= 0.6 is 0 Å². The molecule has 110 valence electrons. The van der Waals surface area contributed by atoms with Crippen molar-refractivity contribution >= 4 is 11.7 Å². The molecule has 0 aliphatic carbocycles. The largest absolute Gasteiger partial charge is 0.370 e. The molecule has 1 aromatic rings. The van der Waals surface area contributed by atoms with Crippen LogP contribution in [0.15, 0.2) is 12.1 Å². The molecule has 1 aliphatic rings. The fourth-order valence-electron chi connectivity index (χ4n) is 2.53. The number of carbonyl (C=O) groups is 1. The number of aryl methyl sites for hydroxylation is 1. The molecule has 0 spiro atoms. The van der Waals surface area contributed by atoms with Gasteiger partial charge in [-0.1, -0.05) is 13.8 Å². The van der Waals surface area contributed by atoms with Crippen LogP contribution in [0.5, 0.6) is 0 Å². The first-order valence-electron chi connectivity index (χ1n) is 7.62. The van der Waals surface area contributed by atoms with Crippen LogP contribution in [0.25, 0.3) is 0 Å². The molecule has 1 fully saturated rings. The van der Waals surface area contributed by atoms with Crippen molar-refractivity contribution in [3.8, 4) is 0 Å². The fourth-order valence-corrected chi connectivity index (χ4v) is 2.53. The number of anilines is 1. The Kier molecular flexibility index (Phi) is 4.99. The van der Waals surface area contributed by atoms with Gasteiger partial charge >= 0.3 is 0 Å². The normalized spacial score (nSPS) is 16.2. The molecule has 0 saturated carbocycles. The zero-order chi connectivity index (χ0) is 14.5. The number of amides is 1. The number of pyridine rings is 1. The number of piperidine rings is 1. The molecular formula is C16H25N3O. The standard InChI is InChI=1S/C16H25N3O/c1-4-7-17-15-11-14(10-13(3)18-15)16(20)19-8-5-12(2)6-9-19/h10-12H,4-9H2,1-3H3,(H,17,18). The van der Waals surface area contributed by atoms with Gasteiger partial charge in [-0.25, -0.2) is 4.98 Å². The molecule has 1 amide bonds. The maximum Gasteiger partial charge on any atom is 0.254 e. The minimum absolute atomic E-state index is 0.141. The molecule has 1 saturated heterocycles. The van der Waals surface area contributed by atoms with E-state index in [1.54, 1.807) is 0 Å². The van der Waals surface area contributed by atoms with Gasteiger partial charge in [0, 0.05) is 30.9 Å². The number of hydrogen-bond acceptors (Lipinski definition) is 3. The molecule has 20 heavy (non-hydrogen) atoms. The van der Waals surface area contributed by atoms with Crippen molar-refractivity contribution in [3.63, 3.8) is 0 Å². The zero-order valence-corrected chi connectivity index (χ0v) is 12.8. The van der Waals surface area contributed by atoms with E-state index >= 15 is 0 Å². The van der Waals surface area contributed by atoms with Crippen LogP contribution < -0.4 is 5.32 Å². The quantitative estimate of drug-likeness (QED) is 0.918. The minimum atomic E-state index is 0.141. The van der Waals surface area contributed by atoms with E-state index < -0.39 is 0 Å². The number of carbonyl (C=O) groups excluding carboxylic acids is 1. The van der Waals surface area contributed by atoms with Crippen LogP contribution in [-0.4, -0.2) is 35.4 Å². The highest BCUT2D eigenvalue weighted by atomic mass is 16.2. The highest BCUT2D eigenvalue weighted by Gasteiger charge is 2.21. The van der Waals surface area contributed by atoms with Gasteiger partial charge in [-0.05, 0) is 44.2 Å². The highest BCUT2D eigenvalue weighted by Crippen LogP contribution is 2.19. The molecular weight excluding hydrogens is 250 g/mol. The van der Waals surface area contributed by atoms with E-state index in [4.69, 9.17) is 0 Å². The smallest absolute Gasteiger partial charge is 0.254 e. The third-order valence-corrected chi connectivity index (χ3v) is 3.83. The van der Waals surface area contributed by atoms with E-state index in [0.29, 0.717) is 0 Å². The molecule has 4 heteroatoms. The lowest BCUT2D eigenvalue weighted by Crippen LogP contribution is -2.38. The SMILES string of the molecule is CCCNc1cc(C(=O)N2CCC(C)CC2)cc(C)n1. The van der Waals surface area contributed by atoms with Gasteiger partial charge in [0.25, 0.3) is 5.91 Å². The third-order valence-electron chi connectivity index (χ3n) is 3.83. The van der Waals surface area contributed by atoms with Gasteiger partial charge in [-0.2, -0.15) is 0 Å². The lowest BCUT2D eigenvalue weighted by atomic mass is 9.98. The fraction of sp³-hybridized carbons (Fsp3) is 0.625. The van der Waals surface area contributed by atoms with Crippen LogP contribution in [0.2, 0.25) is 0 Å². The molecule has 0 unspecified atom stereocenters. The van der Waals surface area contributed by atoms with Crippen LogP contribution in [-0.2, 0) is 0 Å². The molecule has 1 aromatic heterocycles. The summed E-state index contributed by atoms with van der Waals surface area (Å²) in [7, 11) is 0. The predicted molar refractivity (Wildman–Crippen MR) is 82.1 cm³/mol. The minimum Gasteiger partial charge on any atom is -0.370 e. The Morgan fingerprint density at radius 2 is 2.10 bits per heavy atom. The van der Waals surface area contributed by atoms with Gasteiger partial charge in [0.05, 0.1) is 0 Å². The predicted octanol–water partition coefficient (Wildman–Crippen LogP) is 3.08. The molecule has 2 rings (SSSR count). The van der Waals surface area contributed by atoms with Crippen molar-refractivity contribution < 1.29 is 4.79 Å². The number of nitrogens with zero attached hydrogens (tertiary/aromatic N) is 2. The summed E-state index contributed by atoms with van der Waals surface area (Å²) in [6.45, 7) is 8.94. The average molecular weight is 275 g/mol. The van der Waals surface area contributed by atoms with Gasteiger partial charge in [0.1, 0.15) is 5.82 Å². The Morgan fingerprint density at radius 3 is 2.75 bits per heavy atom. The number of rotatable bonds is 4. The monoisotopic (exact) mass is 275 g/mol. The van der Waals surface area contributed by atoms with Gasteiger partial charge in [0.2, 0.25) is 0 Å². The summed E-state index contributed by atoms with van der Waals surface area (Å²) < 4.78 is 0. The Hall–Kier alpha value is -1.58. The summed E-state index contributed by atoms with van der Waals surface area (Å²) in [4.78, 5) is 19.0. The van der Waals surface area contributed by atoms with Crippen LogP contribution in [0.1, 0.15) is 49.2 Å². The van der Waals surface area contributed by atoms with Gasteiger partial charge in [0.15, 0.2) is 0 Å². The molecule has 2 heterocycles. The number of nitrogens with one attached hydrogen (secondary N) is 1. The summed E-state index contributed by atoms with van der Waals surface area (Å²) in [6, 6.07) is 3.76. The first kappa shape index (κ1) is 14.8. The third kappa shape index (κ3) is 3.71. The highest BCUT2D eigenvalue weighted by molar-refractivity contribution is 5.95. The molecule has 0 aromatic carbocycles. The number of likely N-dealkylation sites (tertiary alicyclic amines) is 1. The molecule has 0 bridgehead atoms. The summed E-state index contributed by atoms with van der Waals surface area (Å²) >= 11 is 0. The van der Waals surface area contributed by atoms with E-state index in [0.717, 1.165) is 61.9 Å². The second-order valence-electron chi connectivity index (χ2n) is 5.78. The number of hydrogen-bond donors (Lipinski definition) is 1. The Labute approximate surface area is 121 Å². The second-order valence-corrected chi connectivity index (χ2v) is 5.78. The van der Waals surface area contributed by atoms with Crippen LogP contribution in [0, 0.1) is 12.8 Å². The maximum atomic E-state index is 12.6. The molecule has 0 radical (unpaired) electrons. The van der Waals surface area contributed by atoms with Crippen molar-refractivity contribution in [3.05, 3.63) is 23.4 Å².